The van der Waals surface area contributed by atoms with Gasteiger partial charge in [-0.2, -0.15) is 4.98 Å². The molecular weight excluding hydrogens is 294 g/mol. The number of rotatable bonds is 2. The van der Waals surface area contributed by atoms with E-state index in [2.05, 4.69) is 20.9 Å². The molecule has 0 radical (unpaired) electrons. The Morgan fingerprint density at radius 3 is 2.88 bits per heavy atom. The van der Waals surface area contributed by atoms with Crippen molar-refractivity contribution >= 4 is 21.7 Å². The molecular formula is C9H12BrN3O4. The van der Waals surface area contributed by atoms with Gasteiger partial charge in [0.1, 0.15) is 11.9 Å². The minimum absolute atomic E-state index is 0.120. The average Bonchev–Trinajstić information content (AvgIpc) is 2.57. The van der Waals surface area contributed by atoms with Crippen LogP contribution in [0.1, 0.15) is 6.23 Å². The van der Waals surface area contributed by atoms with E-state index in [4.69, 9.17) is 15.6 Å². The van der Waals surface area contributed by atoms with E-state index >= 15 is 0 Å². The van der Waals surface area contributed by atoms with E-state index in [1.165, 1.54) is 16.8 Å². The Kier molecular flexibility index (Phi) is 3.48. The lowest BCUT2D eigenvalue weighted by atomic mass is 10.2. The number of nitrogens with two attached hydrogens (primary N) is 1. The van der Waals surface area contributed by atoms with Gasteiger partial charge in [-0.25, -0.2) is 4.79 Å². The second-order valence-electron chi connectivity index (χ2n) is 3.72. The molecule has 0 aliphatic carbocycles. The highest BCUT2D eigenvalue weighted by Crippen LogP contribution is 2.33. The van der Waals surface area contributed by atoms with Crippen LogP contribution in [0.3, 0.4) is 0 Å². The summed E-state index contributed by atoms with van der Waals surface area (Å²) < 4.78 is 6.59. The summed E-state index contributed by atoms with van der Waals surface area (Å²) in [6, 6.07) is 1.46. The van der Waals surface area contributed by atoms with Gasteiger partial charge >= 0.3 is 5.69 Å². The number of hydrogen-bond donors (Lipinski definition) is 3. The number of anilines is 1. The predicted molar refractivity (Wildman–Crippen MR) is 62.6 cm³/mol. The molecule has 7 nitrogen and oxygen atoms in total. The molecule has 1 fully saturated rings. The summed E-state index contributed by atoms with van der Waals surface area (Å²) in [7, 11) is 0. The van der Waals surface area contributed by atoms with Gasteiger partial charge in [0, 0.05) is 6.20 Å². The van der Waals surface area contributed by atoms with Crippen molar-refractivity contribution in [3.8, 4) is 0 Å². The number of nitrogen functional groups attached to an aromatic ring is 1. The Morgan fingerprint density at radius 2 is 2.35 bits per heavy atom. The normalized spacial score (nSPS) is 32.9. The first-order valence-electron chi connectivity index (χ1n) is 4.97. The highest BCUT2D eigenvalue weighted by Gasteiger charge is 2.43. The van der Waals surface area contributed by atoms with Crippen LogP contribution in [0.2, 0.25) is 0 Å². The third kappa shape index (κ3) is 2.21. The fraction of sp³-hybridized carbons (Fsp3) is 0.556. The summed E-state index contributed by atoms with van der Waals surface area (Å²) in [6.45, 7) is -0.323. The quantitative estimate of drug-likeness (QED) is 0.594. The zero-order valence-corrected chi connectivity index (χ0v) is 10.3. The van der Waals surface area contributed by atoms with Crippen LogP contribution in [-0.2, 0) is 4.74 Å². The molecule has 4 N–H and O–H groups in total. The molecule has 17 heavy (non-hydrogen) atoms. The minimum atomic E-state index is -0.894. The summed E-state index contributed by atoms with van der Waals surface area (Å²) in [5.74, 6) is 0.120. The second-order valence-corrected chi connectivity index (χ2v) is 4.78. The molecule has 4 atom stereocenters. The summed E-state index contributed by atoms with van der Waals surface area (Å²) in [4.78, 5) is 14.7. The standard InChI is InChI=1S/C9H12BrN3O4/c10-6-7(15)4(3-14)17-8(6)13-2-1-5(11)12-9(13)16/h1-2,4,6-8,14-15H,3H2,(H2,11,12,16)/t4-,6+,7+,8+/m0/s1. The fourth-order valence-electron chi connectivity index (χ4n) is 1.70. The van der Waals surface area contributed by atoms with Crippen molar-refractivity contribution in [2.45, 2.75) is 23.3 Å². The molecule has 0 spiro atoms. The number of aliphatic hydroxyl groups excluding tert-OH is 2. The van der Waals surface area contributed by atoms with Gasteiger partial charge in [0.15, 0.2) is 6.23 Å². The van der Waals surface area contributed by atoms with Crippen LogP contribution < -0.4 is 11.4 Å². The van der Waals surface area contributed by atoms with Crippen molar-refractivity contribution in [2.75, 3.05) is 12.3 Å². The van der Waals surface area contributed by atoms with E-state index in [1.54, 1.807) is 0 Å². The Morgan fingerprint density at radius 1 is 1.65 bits per heavy atom. The lowest BCUT2D eigenvalue weighted by Gasteiger charge is -2.16. The highest BCUT2D eigenvalue weighted by atomic mass is 79.9. The van der Waals surface area contributed by atoms with Crippen LogP contribution in [-0.4, -0.2) is 43.4 Å². The monoisotopic (exact) mass is 305 g/mol. The zero-order chi connectivity index (χ0) is 12.6. The van der Waals surface area contributed by atoms with E-state index in [9.17, 15) is 9.90 Å². The maximum Gasteiger partial charge on any atom is 0.351 e. The van der Waals surface area contributed by atoms with Gasteiger partial charge < -0.3 is 20.7 Å². The van der Waals surface area contributed by atoms with E-state index in [0.29, 0.717) is 0 Å². The van der Waals surface area contributed by atoms with Gasteiger partial charge in [0.2, 0.25) is 0 Å². The van der Waals surface area contributed by atoms with Crippen LogP contribution >= 0.6 is 15.9 Å². The van der Waals surface area contributed by atoms with Crippen LogP contribution in [0.4, 0.5) is 5.82 Å². The largest absolute Gasteiger partial charge is 0.394 e. The van der Waals surface area contributed by atoms with Crippen molar-refractivity contribution in [1.82, 2.24) is 9.55 Å². The number of aromatic nitrogens is 2. The smallest absolute Gasteiger partial charge is 0.351 e. The first-order valence-corrected chi connectivity index (χ1v) is 5.89. The fourth-order valence-corrected chi connectivity index (χ4v) is 2.42. The Balaban J connectivity index is 2.32. The zero-order valence-electron chi connectivity index (χ0n) is 8.73. The maximum atomic E-state index is 11.6. The van der Waals surface area contributed by atoms with Crippen LogP contribution in [0.15, 0.2) is 17.1 Å². The van der Waals surface area contributed by atoms with E-state index in [1.807, 2.05) is 0 Å². The molecule has 1 saturated heterocycles. The Labute approximate surface area is 105 Å². The van der Waals surface area contributed by atoms with Crippen molar-refractivity contribution in [1.29, 1.82) is 0 Å². The number of aliphatic hydroxyl groups is 2. The highest BCUT2D eigenvalue weighted by molar-refractivity contribution is 9.09. The molecule has 1 aliphatic rings. The summed E-state index contributed by atoms with van der Waals surface area (Å²) >= 11 is 3.24. The van der Waals surface area contributed by atoms with Gasteiger partial charge in [-0.3, -0.25) is 4.57 Å². The third-order valence-corrected chi connectivity index (χ3v) is 3.59. The molecule has 1 aromatic heterocycles. The molecule has 0 bridgehead atoms. The lowest BCUT2D eigenvalue weighted by Crippen LogP contribution is -2.32. The topological polar surface area (TPSA) is 111 Å². The Hall–Kier alpha value is -0.960. The van der Waals surface area contributed by atoms with Crippen molar-refractivity contribution < 1.29 is 14.9 Å². The van der Waals surface area contributed by atoms with Gasteiger partial charge in [-0.15, -0.1) is 0 Å². The number of hydrogen-bond acceptors (Lipinski definition) is 6. The average molecular weight is 306 g/mol. The maximum absolute atomic E-state index is 11.6. The molecule has 1 aromatic rings. The lowest BCUT2D eigenvalue weighted by molar-refractivity contribution is -0.0456. The first kappa shape index (κ1) is 12.5. The summed E-state index contributed by atoms with van der Waals surface area (Å²) in [5.41, 5.74) is 4.81. The molecule has 2 heterocycles. The van der Waals surface area contributed by atoms with Gasteiger partial charge in [-0.1, -0.05) is 15.9 Å². The molecule has 0 unspecified atom stereocenters. The van der Waals surface area contributed by atoms with Crippen LogP contribution in [0.25, 0.3) is 0 Å². The van der Waals surface area contributed by atoms with E-state index in [-0.39, 0.29) is 12.4 Å². The Bertz CT molecular complexity index is 466. The molecule has 1 aliphatic heterocycles. The number of ether oxygens (including phenoxy) is 1. The van der Waals surface area contributed by atoms with Crippen molar-refractivity contribution in [3.05, 3.63) is 22.7 Å². The van der Waals surface area contributed by atoms with Gasteiger partial charge in [0.25, 0.3) is 0 Å². The third-order valence-electron chi connectivity index (χ3n) is 2.60. The van der Waals surface area contributed by atoms with Crippen LogP contribution in [0, 0.1) is 0 Å². The molecule has 0 saturated carbocycles. The molecule has 94 valence electrons. The molecule has 8 heteroatoms. The molecule has 0 aromatic carbocycles. The SMILES string of the molecule is Nc1ccn([C@@H]2O[C@@H](CO)[C@@H](O)[C@H]2Br)c(=O)n1. The van der Waals surface area contributed by atoms with E-state index < -0.39 is 29.0 Å². The molecule has 0 amide bonds. The van der Waals surface area contributed by atoms with Crippen LogP contribution in [0.5, 0.6) is 0 Å². The number of alkyl halides is 1. The van der Waals surface area contributed by atoms with Gasteiger partial charge in [-0.05, 0) is 6.07 Å². The van der Waals surface area contributed by atoms with E-state index in [0.717, 1.165) is 0 Å². The van der Waals surface area contributed by atoms with Gasteiger partial charge in [0.05, 0.1) is 17.5 Å². The predicted octanol–water partition coefficient (Wildman–Crippen LogP) is -1.16. The summed E-state index contributed by atoms with van der Waals surface area (Å²) in [5, 5.41) is 18.7. The number of nitrogens with zero attached hydrogens (tertiary/aromatic N) is 2. The van der Waals surface area contributed by atoms with Crippen molar-refractivity contribution in [3.63, 3.8) is 0 Å². The number of halogens is 1. The van der Waals surface area contributed by atoms with Crippen molar-refractivity contribution in [2.24, 2.45) is 0 Å². The first-order chi connectivity index (χ1) is 8.04. The minimum Gasteiger partial charge on any atom is -0.394 e. The second kappa shape index (κ2) is 4.73. The summed E-state index contributed by atoms with van der Waals surface area (Å²) in [6.07, 6.45) is -0.901. The molecule has 2 rings (SSSR count).